The van der Waals surface area contributed by atoms with Crippen molar-refractivity contribution in [2.45, 2.75) is 77.8 Å². The summed E-state index contributed by atoms with van der Waals surface area (Å²) in [4.78, 5) is 25.7. The standard InChI is InChI=1S/C17H30N2O2/c1-4-13(3)19-16(20)11-15(17(19)21)18-10-9-14-7-5-12(2)6-8-14/h12-15,18H,4-11H2,1-3H3. The van der Waals surface area contributed by atoms with E-state index in [1.54, 1.807) is 0 Å². The predicted octanol–water partition coefficient (Wildman–Crippen LogP) is 2.72. The molecule has 2 aliphatic rings. The summed E-state index contributed by atoms with van der Waals surface area (Å²) in [6.07, 6.45) is 7.61. The fourth-order valence-corrected chi connectivity index (χ4v) is 3.54. The zero-order chi connectivity index (χ0) is 15.4. The molecule has 2 unspecified atom stereocenters. The van der Waals surface area contributed by atoms with E-state index in [-0.39, 0.29) is 23.9 Å². The summed E-state index contributed by atoms with van der Waals surface area (Å²) in [7, 11) is 0. The molecule has 0 aromatic carbocycles. The highest BCUT2D eigenvalue weighted by atomic mass is 16.2. The number of likely N-dealkylation sites (tertiary alicyclic amines) is 1. The Morgan fingerprint density at radius 3 is 2.52 bits per heavy atom. The average Bonchev–Trinajstić information content (AvgIpc) is 2.75. The quantitative estimate of drug-likeness (QED) is 0.766. The smallest absolute Gasteiger partial charge is 0.247 e. The van der Waals surface area contributed by atoms with Crippen LogP contribution in [0.5, 0.6) is 0 Å². The first-order valence-corrected chi connectivity index (χ1v) is 8.62. The molecule has 2 amide bonds. The number of hydrogen-bond donors (Lipinski definition) is 1. The van der Waals surface area contributed by atoms with E-state index in [2.05, 4.69) is 12.2 Å². The van der Waals surface area contributed by atoms with Gasteiger partial charge in [-0.3, -0.25) is 14.5 Å². The Kier molecular flexibility index (Phi) is 5.80. The molecule has 0 spiro atoms. The average molecular weight is 294 g/mol. The van der Waals surface area contributed by atoms with E-state index in [4.69, 9.17) is 0 Å². The Morgan fingerprint density at radius 1 is 1.24 bits per heavy atom. The van der Waals surface area contributed by atoms with E-state index >= 15 is 0 Å². The molecule has 2 rings (SSSR count). The maximum Gasteiger partial charge on any atom is 0.247 e. The molecule has 0 aromatic rings. The van der Waals surface area contributed by atoms with Gasteiger partial charge in [0, 0.05) is 6.04 Å². The molecule has 1 aliphatic carbocycles. The van der Waals surface area contributed by atoms with Gasteiger partial charge in [-0.1, -0.05) is 39.5 Å². The van der Waals surface area contributed by atoms with Crippen molar-refractivity contribution in [2.24, 2.45) is 11.8 Å². The predicted molar refractivity (Wildman–Crippen MR) is 83.8 cm³/mol. The Bertz CT molecular complexity index is 375. The normalized spacial score (nSPS) is 31.8. The number of nitrogens with zero attached hydrogens (tertiary/aromatic N) is 1. The molecule has 0 aromatic heterocycles. The van der Waals surface area contributed by atoms with E-state index in [9.17, 15) is 9.59 Å². The number of amides is 2. The van der Waals surface area contributed by atoms with Crippen LogP contribution in [-0.4, -0.2) is 35.3 Å². The molecule has 0 radical (unpaired) electrons. The Balaban J connectivity index is 1.74. The Labute approximate surface area is 128 Å². The Hall–Kier alpha value is -0.900. The minimum Gasteiger partial charge on any atom is -0.305 e. The number of carbonyl (C=O) groups excluding carboxylic acids is 2. The summed E-state index contributed by atoms with van der Waals surface area (Å²) < 4.78 is 0. The van der Waals surface area contributed by atoms with Crippen LogP contribution in [0, 0.1) is 11.8 Å². The largest absolute Gasteiger partial charge is 0.305 e. The van der Waals surface area contributed by atoms with Gasteiger partial charge in [0.05, 0.1) is 12.5 Å². The molecule has 2 fully saturated rings. The fourth-order valence-electron chi connectivity index (χ4n) is 3.54. The molecular formula is C17H30N2O2. The summed E-state index contributed by atoms with van der Waals surface area (Å²) >= 11 is 0. The third kappa shape index (κ3) is 4.06. The fraction of sp³-hybridized carbons (Fsp3) is 0.882. The van der Waals surface area contributed by atoms with E-state index < -0.39 is 0 Å². The minimum atomic E-state index is -0.283. The van der Waals surface area contributed by atoms with E-state index in [0.29, 0.717) is 6.42 Å². The van der Waals surface area contributed by atoms with Crippen LogP contribution in [-0.2, 0) is 9.59 Å². The van der Waals surface area contributed by atoms with Gasteiger partial charge in [0.25, 0.3) is 0 Å². The van der Waals surface area contributed by atoms with Crippen LogP contribution in [0.25, 0.3) is 0 Å². The highest BCUT2D eigenvalue weighted by molar-refractivity contribution is 6.05. The third-order valence-electron chi connectivity index (χ3n) is 5.29. The van der Waals surface area contributed by atoms with Gasteiger partial charge in [-0.25, -0.2) is 0 Å². The molecule has 120 valence electrons. The monoisotopic (exact) mass is 294 g/mol. The molecule has 1 N–H and O–H groups in total. The van der Waals surface area contributed by atoms with E-state index in [0.717, 1.165) is 31.2 Å². The minimum absolute atomic E-state index is 0.0154. The van der Waals surface area contributed by atoms with Crippen LogP contribution < -0.4 is 5.32 Å². The van der Waals surface area contributed by atoms with Crippen molar-refractivity contribution in [1.29, 1.82) is 0 Å². The van der Waals surface area contributed by atoms with Crippen molar-refractivity contribution in [2.75, 3.05) is 6.54 Å². The molecule has 1 saturated heterocycles. The zero-order valence-electron chi connectivity index (χ0n) is 13.7. The van der Waals surface area contributed by atoms with Crippen LogP contribution in [0.15, 0.2) is 0 Å². The van der Waals surface area contributed by atoms with Crippen molar-refractivity contribution >= 4 is 11.8 Å². The molecule has 4 heteroatoms. The summed E-state index contributed by atoms with van der Waals surface area (Å²) in [6, 6.07) is -0.259. The molecule has 1 saturated carbocycles. The number of imide groups is 1. The van der Waals surface area contributed by atoms with Crippen LogP contribution in [0.4, 0.5) is 0 Å². The first-order chi connectivity index (χ1) is 10.0. The summed E-state index contributed by atoms with van der Waals surface area (Å²) in [5.41, 5.74) is 0. The molecule has 4 nitrogen and oxygen atoms in total. The highest BCUT2D eigenvalue weighted by Gasteiger charge is 2.40. The van der Waals surface area contributed by atoms with Gasteiger partial charge in [0.2, 0.25) is 11.8 Å². The van der Waals surface area contributed by atoms with Gasteiger partial charge in [-0.05, 0) is 38.1 Å². The number of carbonyl (C=O) groups is 2. The number of hydrogen-bond acceptors (Lipinski definition) is 3. The van der Waals surface area contributed by atoms with Crippen LogP contribution >= 0.6 is 0 Å². The molecule has 21 heavy (non-hydrogen) atoms. The SMILES string of the molecule is CCC(C)N1C(=O)CC(NCCC2CCC(C)CC2)C1=O. The van der Waals surface area contributed by atoms with Crippen LogP contribution in [0.3, 0.4) is 0 Å². The lowest BCUT2D eigenvalue weighted by Crippen LogP contribution is -2.43. The lowest BCUT2D eigenvalue weighted by molar-refractivity contribution is -0.141. The van der Waals surface area contributed by atoms with Gasteiger partial charge in [-0.2, -0.15) is 0 Å². The van der Waals surface area contributed by atoms with Gasteiger partial charge in [-0.15, -0.1) is 0 Å². The van der Waals surface area contributed by atoms with Gasteiger partial charge < -0.3 is 5.32 Å². The van der Waals surface area contributed by atoms with Crippen molar-refractivity contribution in [3.8, 4) is 0 Å². The Morgan fingerprint density at radius 2 is 1.90 bits per heavy atom. The first kappa shape index (κ1) is 16.5. The van der Waals surface area contributed by atoms with Crippen LogP contribution in [0.1, 0.15) is 65.7 Å². The van der Waals surface area contributed by atoms with Crippen LogP contribution in [0.2, 0.25) is 0 Å². The first-order valence-electron chi connectivity index (χ1n) is 8.62. The molecular weight excluding hydrogens is 264 g/mol. The van der Waals surface area contributed by atoms with E-state index in [1.165, 1.54) is 30.6 Å². The third-order valence-corrected chi connectivity index (χ3v) is 5.29. The van der Waals surface area contributed by atoms with E-state index in [1.807, 2.05) is 13.8 Å². The van der Waals surface area contributed by atoms with Crippen molar-refractivity contribution < 1.29 is 9.59 Å². The maximum atomic E-state index is 12.3. The van der Waals surface area contributed by atoms with Gasteiger partial charge >= 0.3 is 0 Å². The van der Waals surface area contributed by atoms with Crippen molar-refractivity contribution in [3.05, 3.63) is 0 Å². The summed E-state index contributed by atoms with van der Waals surface area (Å²) in [5, 5.41) is 3.32. The van der Waals surface area contributed by atoms with Crippen molar-refractivity contribution in [1.82, 2.24) is 10.2 Å². The second kappa shape index (κ2) is 7.39. The summed E-state index contributed by atoms with van der Waals surface area (Å²) in [6.45, 7) is 7.15. The highest BCUT2D eigenvalue weighted by Crippen LogP contribution is 2.30. The zero-order valence-corrected chi connectivity index (χ0v) is 13.7. The number of rotatable bonds is 6. The second-order valence-corrected chi connectivity index (χ2v) is 6.98. The molecule has 2 atom stereocenters. The molecule has 1 heterocycles. The second-order valence-electron chi connectivity index (χ2n) is 6.98. The molecule has 1 aliphatic heterocycles. The lowest BCUT2D eigenvalue weighted by Gasteiger charge is -2.26. The lowest BCUT2D eigenvalue weighted by atomic mass is 9.81. The van der Waals surface area contributed by atoms with Crippen molar-refractivity contribution in [3.63, 3.8) is 0 Å². The maximum absolute atomic E-state index is 12.3. The summed E-state index contributed by atoms with van der Waals surface area (Å²) in [5.74, 6) is 1.64. The number of nitrogens with one attached hydrogen (secondary N) is 1. The molecule has 0 bridgehead atoms. The van der Waals surface area contributed by atoms with Gasteiger partial charge in [0.1, 0.15) is 0 Å². The topological polar surface area (TPSA) is 49.4 Å². The van der Waals surface area contributed by atoms with Gasteiger partial charge in [0.15, 0.2) is 0 Å².